The van der Waals surface area contributed by atoms with Crippen LogP contribution < -0.4 is 22.9 Å². The highest BCUT2D eigenvalue weighted by Crippen LogP contribution is 2.36. The smallest absolute Gasteiger partial charge is 0.217 e. The zero-order chi connectivity index (χ0) is 66.3. The molecule has 0 saturated heterocycles. The van der Waals surface area contributed by atoms with Gasteiger partial charge in [0.25, 0.3) is 0 Å². The number of benzene rings is 8. The third-order valence-electron chi connectivity index (χ3n) is 15.4. The van der Waals surface area contributed by atoms with E-state index in [9.17, 15) is 39.6 Å². The number of rotatable bonds is 20. The van der Waals surface area contributed by atoms with E-state index in [1.807, 2.05) is 121 Å². The van der Waals surface area contributed by atoms with Crippen molar-refractivity contribution in [3.63, 3.8) is 0 Å². The highest BCUT2D eigenvalue weighted by atomic mass is 16.3. The lowest BCUT2D eigenvalue weighted by molar-refractivity contribution is -0.118. The van der Waals surface area contributed by atoms with Gasteiger partial charge in [0.2, 0.25) is 23.6 Å². The molecule has 472 valence electrons. The van der Waals surface area contributed by atoms with E-state index in [2.05, 4.69) is 39.2 Å². The second-order valence-electron chi connectivity index (χ2n) is 22.2. The number of amides is 4. The van der Waals surface area contributed by atoms with Gasteiger partial charge in [0, 0.05) is 62.2 Å². The Morgan fingerprint density at radius 2 is 0.691 bits per heavy atom. The fraction of sp³-hybridized carbons (Fsp3) is 0.115. The molecule has 1 aliphatic rings. The predicted molar refractivity (Wildman–Crippen MR) is 370 cm³/mol. The molecule has 8 aromatic carbocycles. The van der Waals surface area contributed by atoms with Crippen molar-refractivity contribution < 1.29 is 44.0 Å². The minimum Gasteiger partial charge on any atom is -0.508 e. The van der Waals surface area contributed by atoms with Gasteiger partial charge in [0.05, 0.1) is 19.1 Å². The number of aliphatic imine (C=N–C) groups is 1. The number of hydrogen-bond donors (Lipinski definition) is 8. The molecular formula is C78H71N7O9. The molecule has 0 atom stereocenters. The number of primary amides is 4. The first-order valence-electron chi connectivity index (χ1n) is 30.4. The Kier molecular flexibility index (Phi) is 22.9. The van der Waals surface area contributed by atoms with Crippen molar-refractivity contribution in [3.8, 4) is 101 Å². The van der Waals surface area contributed by atoms with Gasteiger partial charge in [-0.05, 0) is 198 Å². The molecule has 16 heteroatoms. The Labute approximate surface area is 544 Å². The molecule has 4 amide bonds. The van der Waals surface area contributed by atoms with Crippen molar-refractivity contribution in [3.05, 3.63) is 271 Å². The van der Waals surface area contributed by atoms with E-state index in [1.165, 1.54) is 0 Å². The van der Waals surface area contributed by atoms with Crippen LogP contribution in [0.2, 0.25) is 0 Å². The van der Waals surface area contributed by atoms with E-state index in [0.717, 1.165) is 111 Å². The number of aryl methyl sites for hydroxylation is 4. The molecule has 12 N–H and O–H groups in total. The number of phenols is 4. The fourth-order valence-corrected chi connectivity index (χ4v) is 10.8. The van der Waals surface area contributed by atoms with Crippen LogP contribution in [0.15, 0.2) is 253 Å². The maximum Gasteiger partial charge on any atom is 0.217 e. The molecule has 0 unspecified atom stereocenters. The average Bonchev–Trinajstić information content (AvgIpc) is 0.998. The van der Waals surface area contributed by atoms with Gasteiger partial charge in [-0.1, -0.05) is 140 Å². The summed E-state index contributed by atoms with van der Waals surface area (Å²) in [6.07, 6.45) is 17.7. The lowest BCUT2D eigenvalue weighted by Crippen LogP contribution is -2.11. The zero-order valence-electron chi connectivity index (χ0n) is 51.5. The second-order valence-corrected chi connectivity index (χ2v) is 22.2. The molecule has 12 rings (SSSR count). The number of nitrogens with zero attached hydrogens (tertiary/aromatic N) is 3. The van der Waals surface area contributed by atoms with E-state index >= 15 is 0 Å². The standard InChI is InChI=1S/2C20H18N2O2.C19H18N2O2.C19H17NO3/c2*21-20(24)9-7-16-11-14(17-4-2-10-22-13-17)6-8-19(16)15-3-1-5-18(23)12-15;20-19(23)7-5-15-10-13(16-8-9-21-12-16)4-6-18(15)14-2-1-3-17(22)11-14;20-19(22)7-5-15-10-13(16-8-9-23-12-16)4-6-18(15)14-2-1-3-17(21)11-14/h2*1-6,8,10-13,23H,7,9H2,(H2,21,24);1-4,6,8,10-12,22H,5,7,9H2,(H2,20,23);1-4,6,8-12,21H,5,7H2,(H2,20,22). The van der Waals surface area contributed by atoms with E-state index in [4.69, 9.17) is 27.4 Å². The average molecular weight is 1250 g/mol. The summed E-state index contributed by atoms with van der Waals surface area (Å²) in [4.78, 5) is 57.2. The minimum atomic E-state index is -0.333. The van der Waals surface area contributed by atoms with Crippen LogP contribution in [-0.4, -0.2) is 66.8 Å². The summed E-state index contributed by atoms with van der Waals surface area (Å²) in [6, 6.07) is 62.3. The summed E-state index contributed by atoms with van der Waals surface area (Å²) >= 11 is 0. The summed E-state index contributed by atoms with van der Waals surface area (Å²) < 4.78 is 5.13. The summed E-state index contributed by atoms with van der Waals surface area (Å²) in [6.45, 7) is 0.709. The Hall–Kier alpha value is -12.2. The number of hydrogen-bond acceptors (Lipinski definition) is 12. The van der Waals surface area contributed by atoms with E-state index in [1.54, 1.807) is 104 Å². The lowest BCUT2D eigenvalue weighted by Gasteiger charge is -2.12. The zero-order valence-corrected chi connectivity index (χ0v) is 51.5. The number of furan rings is 1. The van der Waals surface area contributed by atoms with Crippen molar-refractivity contribution in [2.75, 3.05) is 6.54 Å². The van der Waals surface area contributed by atoms with Crippen molar-refractivity contribution in [2.45, 2.75) is 51.4 Å². The number of carbonyl (C=O) groups is 4. The molecule has 1 aliphatic heterocycles. The van der Waals surface area contributed by atoms with Gasteiger partial charge >= 0.3 is 0 Å². The normalized spacial score (nSPS) is 11.2. The third-order valence-corrected chi connectivity index (χ3v) is 15.4. The first kappa shape index (κ1) is 66.3. The molecule has 4 heterocycles. The van der Waals surface area contributed by atoms with E-state index in [0.29, 0.717) is 38.6 Å². The van der Waals surface area contributed by atoms with Gasteiger partial charge in [-0.2, -0.15) is 0 Å². The van der Waals surface area contributed by atoms with Gasteiger partial charge in [-0.15, -0.1) is 0 Å². The van der Waals surface area contributed by atoms with Gasteiger partial charge < -0.3 is 47.8 Å². The minimum absolute atomic E-state index is 0.210. The highest BCUT2D eigenvalue weighted by molar-refractivity contribution is 6.11. The van der Waals surface area contributed by atoms with Gasteiger partial charge in [-0.3, -0.25) is 34.1 Å². The fourth-order valence-electron chi connectivity index (χ4n) is 10.8. The Balaban J connectivity index is 0.000000148. The summed E-state index contributed by atoms with van der Waals surface area (Å²) in [5.41, 5.74) is 41.2. The van der Waals surface area contributed by atoms with Crippen LogP contribution in [0.1, 0.15) is 53.5 Å². The van der Waals surface area contributed by atoms with Crippen molar-refractivity contribution in [1.82, 2.24) is 9.97 Å². The van der Waals surface area contributed by atoms with Gasteiger partial charge in [0.1, 0.15) is 23.0 Å². The van der Waals surface area contributed by atoms with Crippen LogP contribution in [0.3, 0.4) is 0 Å². The Morgan fingerprint density at radius 1 is 0.362 bits per heavy atom. The summed E-state index contributed by atoms with van der Waals surface area (Å²) in [5, 5.41) is 38.9. The largest absolute Gasteiger partial charge is 0.508 e. The molecule has 0 aliphatic carbocycles. The predicted octanol–water partition coefficient (Wildman–Crippen LogP) is 13.8. The Morgan fingerprint density at radius 3 is 0.979 bits per heavy atom. The van der Waals surface area contributed by atoms with Crippen LogP contribution in [0.4, 0.5) is 0 Å². The van der Waals surface area contributed by atoms with Gasteiger partial charge in [0.15, 0.2) is 0 Å². The molecule has 0 fully saturated rings. The number of phenolic OH excluding ortho intramolecular Hbond substituents is 4. The lowest BCUT2D eigenvalue weighted by atomic mass is 9.92. The van der Waals surface area contributed by atoms with Gasteiger partial charge in [-0.25, -0.2) is 0 Å². The van der Waals surface area contributed by atoms with Crippen LogP contribution in [0.5, 0.6) is 23.0 Å². The Bertz CT molecular complexity index is 4350. The number of carbonyl (C=O) groups excluding carboxylic acids is 4. The summed E-state index contributed by atoms with van der Waals surface area (Å²) in [7, 11) is 0. The third kappa shape index (κ3) is 18.9. The topological polar surface area (TPSA) is 305 Å². The number of pyridine rings is 2. The van der Waals surface area contributed by atoms with Crippen LogP contribution in [0, 0.1) is 0 Å². The molecule has 11 aromatic rings. The number of aromatic nitrogens is 2. The van der Waals surface area contributed by atoms with Crippen molar-refractivity contribution in [2.24, 2.45) is 27.9 Å². The molecule has 0 saturated carbocycles. The van der Waals surface area contributed by atoms with Crippen LogP contribution in [-0.2, 0) is 44.9 Å². The molecule has 0 spiro atoms. The molecule has 3 aromatic heterocycles. The van der Waals surface area contributed by atoms with E-state index < -0.39 is 0 Å². The first-order valence-corrected chi connectivity index (χ1v) is 30.4. The molecule has 16 nitrogen and oxygen atoms in total. The number of aromatic hydroxyl groups is 4. The highest BCUT2D eigenvalue weighted by Gasteiger charge is 2.16. The quantitative estimate of drug-likeness (QED) is 0.0355. The second kappa shape index (κ2) is 32.5. The maximum absolute atomic E-state index is 11.2. The molecular weight excluding hydrogens is 1180 g/mol. The maximum atomic E-state index is 11.2. The van der Waals surface area contributed by atoms with Crippen molar-refractivity contribution in [1.29, 1.82) is 0 Å². The molecule has 0 bridgehead atoms. The molecule has 0 radical (unpaired) electrons. The van der Waals surface area contributed by atoms with Crippen LogP contribution in [0.25, 0.3) is 83.5 Å². The monoisotopic (exact) mass is 1250 g/mol. The summed E-state index contributed by atoms with van der Waals surface area (Å²) in [5.74, 6) is -0.457. The van der Waals surface area contributed by atoms with Crippen LogP contribution >= 0.6 is 0 Å². The number of nitrogens with two attached hydrogens (primary N) is 4. The first-order chi connectivity index (χ1) is 45.5. The SMILES string of the molecule is NC(=O)CCc1cc(-c2cccnc2)ccc1-c1cccc(O)c1.NC(=O)CCc1cc(-c2cccnc2)ccc1-c1cccc(O)c1.NC(=O)CCc1cc(-c2ccoc2)ccc1-c1cccc(O)c1.NC(=O)CCc1cc(C2=CCN=C2)ccc1-c1cccc(O)c1. The van der Waals surface area contributed by atoms with Crippen molar-refractivity contribution >= 4 is 35.4 Å². The molecule has 94 heavy (non-hydrogen) atoms. The van der Waals surface area contributed by atoms with E-state index in [-0.39, 0.29) is 65.9 Å². The number of allylic oxidation sites excluding steroid dienone is 1.